The first-order chi connectivity index (χ1) is 67.2. The highest BCUT2D eigenvalue weighted by Gasteiger charge is 2.39. The Balaban J connectivity index is 0.000000274. The molecule has 14 nitrogen and oxygen atoms in total. The van der Waals surface area contributed by atoms with E-state index in [-0.39, 0.29) is 33.1 Å². The summed E-state index contributed by atoms with van der Waals surface area (Å²) < 4.78 is 96.6. The predicted octanol–water partition coefficient (Wildman–Crippen LogP) is 28.9. The second kappa shape index (κ2) is 62.0. The first kappa shape index (κ1) is 126. The molecule has 5 heterocycles. The zero-order valence-corrected chi connectivity index (χ0v) is 96.8. The van der Waals surface area contributed by atoms with Crippen molar-refractivity contribution in [1.29, 1.82) is 0 Å². The molecule has 5 aromatic carbocycles. The summed E-state index contributed by atoms with van der Waals surface area (Å²) >= 11 is 0. The monoisotopic (exact) mass is 2010 g/mol. The Bertz CT molecular complexity index is 4390. The molecule has 0 spiro atoms. The van der Waals surface area contributed by atoms with Gasteiger partial charge in [0.15, 0.2) is 0 Å². The topological polar surface area (TPSA) is 109 Å². The molecule has 0 saturated carbocycles. The maximum atomic E-state index is 12.9. The van der Waals surface area contributed by atoms with Crippen LogP contribution >= 0.6 is 0 Å². The number of hydrogen-bond donors (Lipinski definition) is 0. The fourth-order valence-electron chi connectivity index (χ4n) is 21.3. The molecule has 0 bridgehead atoms. The van der Waals surface area contributed by atoms with Gasteiger partial charge in [-0.3, -0.25) is 24.5 Å². The predicted molar refractivity (Wildman–Crippen MR) is 602 cm³/mol. The van der Waals surface area contributed by atoms with Crippen LogP contribution in [0.5, 0.6) is 0 Å². The summed E-state index contributed by atoms with van der Waals surface area (Å²) in [4.78, 5) is 13.1. The van der Waals surface area contributed by atoms with Gasteiger partial charge in [0.1, 0.15) is 0 Å². The van der Waals surface area contributed by atoms with Gasteiger partial charge in [-0.2, -0.15) is 17.5 Å². The van der Waals surface area contributed by atoms with Gasteiger partial charge in [-0.15, -0.1) is 0 Å². The summed E-state index contributed by atoms with van der Waals surface area (Å²) in [5.74, 6) is 3.25. The Morgan fingerprint density at radius 3 is 0.692 bits per heavy atom. The normalized spacial score (nSPS) is 17.7. The highest BCUT2D eigenvalue weighted by atomic mass is 32.2. The van der Waals surface area contributed by atoms with E-state index >= 15 is 0 Å². The lowest BCUT2D eigenvalue weighted by Crippen LogP contribution is -2.52. The van der Waals surface area contributed by atoms with Crippen LogP contribution in [0.1, 0.15) is 331 Å². The van der Waals surface area contributed by atoms with E-state index in [2.05, 4.69) is 318 Å². The van der Waals surface area contributed by atoms with Crippen LogP contribution in [-0.2, 0) is 71.7 Å². The van der Waals surface area contributed by atoms with Gasteiger partial charge in [0.25, 0.3) is 0 Å². The van der Waals surface area contributed by atoms with E-state index in [1.807, 2.05) is 27.7 Å². The number of rotatable bonds is 46. The van der Waals surface area contributed by atoms with Crippen molar-refractivity contribution in [3.05, 3.63) is 235 Å². The quantitative estimate of drug-likeness (QED) is 0.0273. The Morgan fingerprint density at radius 1 is 0.308 bits per heavy atom. The van der Waals surface area contributed by atoms with Gasteiger partial charge in [0.05, 0.1) is 50.5 Å². The second-order valence-corrected chi connectivity index (χ2v) is 49.8. The van der Waals surface area contributed by atoms with E-state index in [1.54, 1.807) is 26.4 Å². The first-order valence-corrected chi connectivity index (χ1v) is 56.8. The third-order valence-electron chi connectivity index (χ3n) is 30.4. The minimum Gasteiger partial charge on any atom is -0.382 e. The van der Waals surface area contributed by atoms with Crippen LogP contribution < -0.4 is 0 Å². The van der Waals surface area contributed by atoms with Gasteiger partial charge in [-0.25, -0.2) is 8.42 Å². The average Bonchev–Trinajstić information content (AvgIpc) is 0.826. The number of alkyl halides is 3. The van der Waals surface area contributed by atoms with Crippen LogP contribution in [0, 0.1) is 51.4 Å². The molecule has 5 aromatic rings. The van der Waals surface area contributed by atoms with Crippen LogP contribution in [0.4, 0.5) is 13.2 Å². The molecule has 5 unspecified atom stereocenters. The summed E-state index contributed by atoms with van der Waals surface area (Å²) in [5.41, 5.74) is 18.5. The zero-order valence-electron chi connectivity index (χ0n) is 95.9. The third kappa shape index (κ3) is 47.4. The lowest BCUT2D eigenvalue weighted by molar-refractivity contribution is -0.137. The highest BCUT2D eigenvalue weighted by Crippen LogP contribution is 2.41. The average molecular weight is 2010 g/mol. The Morgan fingerprint density at radius 2 is 0.503 bits per heavy atom. The lowest BCUT2D eigenvalue weighted by Gasteiger charge is -2.40. The highest BCUT2D eigenvalue weighted by molar-refractivity contribution is 7.88. The minimum atomic E-state index is -4.34. The van der Waals surface area contributed by atoms with Gasteiger partial charge in [-0.05, 0) is 377 Å². The number of nitrogens with zero attached hydrogens (tertiary/aromatic N) is 6. The molecule has 5 saturated heterocycles. The zero-order chi connectivity index (χ0) is 106. The van der Waals surface area contributed by atoms with Gasteiger partial charge in [0, 0.05) is 97.0 Å². The van der Waals surface area contributed by atoms with E-state index in [0.29, 0.717) is 89.0 Å². The molecule has 5 atom stereocenters. The molecular formula is C125H203F3N6O8S. The number of piperidine rings is 4. The molecule has 10 rings (SSSR count). The van der Waals surface area contributed by atoms with Crippen molar-refractivity contribution in [2.45, 2.75) is 379 Å². The maximum absolute atomic E-state index is 12.9. The maximum Gasteiger partial charge on any atom is 0.416 e. The number of aryl methyl sites for hydroxylation is 4. The molecule has 0 radical (unpaired) electrons. The first-order valence-electron chi connectivity index (χ1n) is 54.9. The van der Waals surface area contributed by atoms with Crippen molar-refractivity contribution in [2.24, 2.45) is 23.7 Å². The molecule has 0 aromatic heterocycles. The number of hydrogen-bond acceptors (Lipinski definition) is 13. The van der Waals surface area contributed by atoms with Crippen LogP contribution in [0.2, 0.25) is 0 Å². The van der Waals surface area contributed by atoms with E-state index in [1.165, 1.54) is 220 Å². The van der Waals surface area contributed by atoms with Crippen molar-refractivity contribution >= 4 is 10.0 Å². The second-order valence-electron chi connectivity index (χ2n) is 47.9. The van der Waals surface area contributed by atoms with E-state index < -0.39 is 21.8 Å². The molecule has 0 amide bonds. The number of halogens is 3. The van der Waals surface area contributed by atoms with Crippen LogP contribution in [0.15, 0.2) is 180 Å². The number of sulfonamides is 1. The lowest BCUT2D eigenvalue weighted by atomic mass is 9.77. The Hall–Kier alpha value is -5.94. The van der Waals surface area contributed by atoms with Crippen molar-refractivity contribution < 1.29 is 50.0 Å². The summed E-state index contributed by atoms with van der Waals surface area (Å²) in [6.07, 6.45) is 30.3. The van der Waals surface area contributed by atoms with E-state index in [4.69, 9.17) is 28.4 Å². The fourth-order valence-corrected chi connectivity index (χ4v) is 22.1. The molecule has 808 valence electrons. The number of benzene rings is 5. The molecule has 18 heteroatoms. The van der Waals surface area contributed by atoms with E-state index in [9.17, 15) is 21.6 Å². The molecule has 0 aliphatic carbocycles. The summed E-state index contributed by atoms with van der Waals surface area (Å²) in [6.45, 7) is 80.5. The number of piperazine rings is 1. The largest absolute Gasteiger partial charge is 0.416 e. The van der Waals surface area contributed by atoms with Crippen LogP contribution in [0.3, 0.4) is 0 Å². The van der Waals surface area contributed by atoms with Crippen molar-refractivity contribution in [1.82, 2.24) is 28.8 Å². The van der Waals surface area contributed by atoms with Gasteiger partial charge in [0.2, 0.25) is 10.0 Å². The SMILES string of the molecule is CC(C)=CC(CC(C)(C)c1ccc(C(F)(F)F)cc1)N1CCN(S(C)(=O)=O)CC1.CC(C)=CC(CC(C)(C)c1ccc(C)cc1)N1CCC(CCOC(C)C)CC1.CC(C)=CC(CC(C)(C)c1ccc(C)cc1)N1CCC(CCOC(C)C)CC1.COCCOCCC1CCN(C(C=C(C)C)CC(C)(C)c2ccc(C)cc2)CC1.COCCOCCC1CCN(C(C=C(C)C)CC(C)(C)c2ccc(C)cc2)CC1. The number of ether oxygens (including phenoxy) is 6. The standard InChI is InChI=1S/2C26H43NO2.2C26H43NO.C21H31F3N2O2S/c2*1-21(2)19-25(20-26(4,5)24-9-7-22(3)8-10-24)27-14-11-23(12-15-27)13-16-29-18-17-28-6;2*1-20(2)18-25(19-26(6,7)24-10-8-22(5)9-11-24)27-15-12-23(13-16-27)14-17-28-21(3)4;1-16(2)14-19(25-10-12-26(13-11-25)29(5,27)28)15-20(3,4)17-6-8-18(9-7-17)21(22,23)24/h2*7-10,19,23,25H,11-18,20H2,1-6H3;2*8-11,18,21,23,25H,12-17,19H2,1-7H3;6-9,14,19H,10-13,15H2,1-5H3. The van der Waals surface area contributed by atoms with Crippen molar-refractivity contribution in [3.63, 3.8) is 0 Å². The fraction of sp³-hybridized carbons (Fsp3) is 0.680. The number of likely N-dealkylation sites (tertiary alicyclic amines) is 4. The molecule has 5 aliphatic rings. The van der Waals surface area contributed by atoms with Crippen LogP contribution in [0.25, 0.3) is 0 Å². The summed E-state index contributed by atoms with van der Waals surface area (Å²) in [5, 5.41) is 0. The number of methoxy groups -OCH3 is 2. The summed E-state index contributed by atoms with van der Waals surface area (Å²) in [7, 11) is 0.256. The Labute approximate surface area is 872 Å². The van der Waals surface area contributed by atoms with Gasteiger partial charge < -0.3 is 28.4 Å². The van der Waals surface area contributed by atoms with Crippen molar-refractivity contribution in [2.75, 3.05) is 152 Å². The van der Waals surface area contributed by atoms with Gasteiger partial charge >= 0.3 is 6.18 Å². The van der Waals surface area contributed by atoms with Crippen LogP contribution in [-0.4, -0.2) is 232 Å². The number of allylic oxidation sites excluding steroid dienone is 5. The molecule has 0 N–H and O–H groups in total. The summed E-state index contributed by atoms with van der Waals surface area (Å²) in [6, 6.07) is 44.0. The third-order valence-corrected chi connectivity index (χ3v) is 31.7. The molecule has 5 fully saturated rings. The molecular weight excluding hydrogens is 1800 g/mol. The van der Waals surface area contributed by atoms with Gasteiger partial charge in [-0.1, -0.05) is 259 Å². The minimum absolute atomic E-state index is 0.0824. The van der Waals surface area contributed by atoms with Crippen molar-refractivity contribution in [3.8, 4) is 0 Å². The molecule has 5 aliphatic heterocycles. The Kier molecular flexibility index (Phi) is 54.5. The molecule has 143 heavy (non-hydrogen) atoms. The smallest absolute Gasteiger partial charge is 0.382 e. The van der Waals surface area contributed by atoms with E-state index in [0.717, 1.165) is 92.6 Å².